The van der Waals surface area contributed by atoms with E-state index >= 15 is 0 Å². The van der Waals surface area contributed by atoms with Crippen LogP contribution in [0.2, 0.25) is 0 Å². The van der Waals surface area contributed by atoms with E-state index in [1.54, 1.807) is 5.57 Å². The third-order valence-corrected chi connectivity index (χ3v) is 8.41. The Balaban J connectivity index is 1.39. The van der Waals surface area contributed by atoms with Gasteiger partial charge in [0.15, 0.2) is 0 Å². The van der Waals surface area contributed by atoms with Crippen molar-refractivity contribution < 1.29 is 20.1 Å². The molecule has 0 amide bonds. The smallest absolute Gasteiger partial charge is 0.0822 e. The molecule has 2 atom stereocenters. The van der Waals surface area contributed by atoms with Crippen LogP contribution in [0.5, 0.6) is 0 Å². The average Bonchev–Trinajstić information content (AvgIpc) is 2.83. The molecule has 3 N–H and O–H groups in total. The molecule has 0 saturated heterocycles. The third kappa shape index (κ3) is 8.48. The molecule has 3 aliphatic carbocycles. The van der Waals surface area contributed by atoms with E-state index in [-0.39, 0.29) is 0 Å². The summed E-state index contributed by atoms with van der Waals surface area (Å²) >= 11 is 0. The summed E-state index contributed by atoms with van der Waals surface area (Å²) in [6.45, 7) is 4.71. The predicted octanol–water partition coefficient (Wildman–Crippen LogP) is 6.32. The van der Waals surface area contributed by atoms with Gasteiger partial charge in [0.25, 0.3) is 0 Å². The minimum atomic E-state index is -0.658. The van der Waals surface area contributed by atoms with Crippen molar-refractivity contribution in [2.45, 2.75) is 128 Å². The number of hydrogen-bond donors (Lipinski definition) is 3. The monoisotopic (exact) mass is 472 g/mol. The van der Waals surface area contributed by atoms with Gasteiger partial charge in [-0.05, 0) is 95.3 Å². The normalized spacial score (nSPS) is 32.3. The van der Waals surface area contributed by atoms with Gasteiger partial charge in [-0.2, -0.15) is 0 Å². The summed E-state index contributed by atoms with van der Waals surface area (Å²) in [5.41, 5.74) is 2.52. The van der Waals surface area contributed by atoms with Crippen molar-refractivity contribution in [3.8, 4) is 0 Å². The van der Waals surface area contributed by atoms with Crippen LogP contribution < -0.4 is 0 Å². The molecule has 192 valence electrons. The van der Waals surface area contributed by atoms with Gasteiger partial charge in [-0.25, -0.2) is 0 Å². The van der Waals surface area contributed by atoms with Crippen LogP contribution in [0.25, 0.3) is 0 Å². The van der Waals surface area contributed by atoms with Gasteiger partial charge in [-0.1, -0.05) is 61.4 Å². The van der Waals surface area contributed by atoms with E-state index in [1.807, 2.05) is 19.9 Å². The number of aliphatic hydroxyl groups excluding tert-OH is 2. The van der Waals surface area contributed by atoms with E-state index in [0.717, 1.165) is 32.1 Å². The van der Waals surface area contributed by atoms with Gasteiger partial charge in [0.05, 0.1) is 30.5 Å². The van der Waals surface area contributed by atoms with Crippen LogP contribution in [0.4, 0.5) is 0 Å². The highest BCUT2D eigenvalue weighted by Crippen LogP contribution is 2.49. The van der Waals surface area contributed by atoms with E-state index in [4.69, 9.17) is 4.74 Å². The molecule has 1 spiro atoms. The molecule has 0 unspecified atom stereocenters. The quantitative estimate of drug-likeness (QED) is 0.344. The van der Waals surface area contributed by atoms with E-state index in [0.29, 0.717) is 37.4 Å². The Morgan fingerprint density at radius 2 is 1.62 bits per heavy atom. The van der Waals surface area contributed by atoms with Crippen LogP contribution in [-0.2, 0) is 4.74 Å². The molecular formula is C30H48O4. The van der Waals surface area contributed by atoms with Crippen molar-refractivity contribution >= 4 is 0 Å². The second kappa shape index (κ2) is 13.2. The Kier molecular flexibility index (Phi) is 10.6. The Labute approximate surface area is 207 Å². The lowest BCUT2D eigenvalue weighted by molar-refractivity contribution is 0.00279. The Morgan fingerprint density at radius 3 is 2.29 bits per heavy atom. The maximum absolute atomic E-state index is 10.3. The second-order valence-electron chi connectivity index (χ2n) is 11.1. The zero-order valence-electron chi connectivity index (χ0n) is 21.6. The summed E-state index contributed by atoms with van der Waals surface area (Å²) in [5.74, 6) is 0. The van der Waals surface area contributed by atoms with Crippen LogP contribution >= 0.6 is 0 Å². The summed E-state index contributed by atoms with van der Waals surface area (Å²) in [7, 11) is 0. The summed E-state index contributed by atoms with van der Waals surface area (Å²) in [4.78, 5) is 0. The van der Waals surface area contributed by atoms with Gasteiger partial charge in [0.1, 0.15) is 0 Å². The van der Waals surface area contributed by atoms with Gasteiger partial charge in [0, 0.05) is 0 Å². The van der Waals surface area contributed by atoms with E-state index in [2.05, 4.69) is 30.4 Å². The molecular weight excluding hydrogens is 424 g/mol. The van der Waals surface area contributed by atoms with Crippen molar-refractivity contribution in [3.63, 3.8) is 0 Å². The zero-order chi connectivity index (χ0) is 24.4. The van der Waals surface area contributed by atoms with E-state index < -0.39 is 17.8 Å². The number of hydrogen-bond acceptors (Lipinski definition) is 4. The molecule has 0 aromatic heterocycles. The molecule has 0 aromatic rings. The lowest BCUT2D eigenvalue weighted by Gasteiger charge is -2.43. The molecule has 4 nitrogen and oxygen atoms in total. The van der Waals surface area contributed by atoms with Crippen molar-refractivity contribution in [1.82, 2.24) is 0 Å². The zero-order valence-corrected chi connectivity index (χ0v) is 21.6. The van der Waals surface area contributed by atoms with Crippen molar-refractivity contribution in [3.05, 3.63) is 47.6 Å². The maximum Gasteiger partial charge on any atom is 0.0822 e. The first-order valence-electron chi connectivity index (χ1n) is 13.8. The van der Waals surface area contributed by atoms with Crippen LogP contribution in [-0.4, -0.2) is 45.8 Å². The SMILES string of the molecule is CCC(O)(/C=C/C/C=C/COC1CCC2(CCC/C(=C\C=C3C[C@@H](O)C[C@H](O)C3)C2)CC1)CC. The topological polar surface area (TPSA) is 69.9 Å². The fourth-order valence-electron chi connectivity index (χ4n) is 6.04. The van der Waals surface area contributed by atoms with Crippen molar-refractivity contribution in [1.29, 1.82) is 0 Å². The van der Waals surface area contributed by atoms with Gasteiger partial charge in [0.2, 0.25) is 0 Å². The molecule has 0 aliphatic heterocycles. The van der Waals surface area contributed by atoms with E-state index in [1.165, 1.54) is 44.1 Å². The molecule has 4 heteroatoms. The van der Waals surface area contributed by atoms with Gasteiger partial charge in [-0.15, -0.1) is 0 Å². The number of allylic oxidation sites excluding steroid dienone is 5. The highest BCUT2D eigenvalue weighted by Gasteiger charge is 2.37. The fraction of sp³-hybridized carbons (Fsp3) is 0.733. The fourth-order valence-corrected chi connectivity index (χ4v) is 6.04. The van der Waals surface area contributed by atoms with Crippen LogP contribution in [0.1, 0.15) is 104 Å². The lowest BCUT2D eigenvalue weighted by atomic mass is 9.63. The third-order valence-electron chi connectivity index (χ3n) is 8.41. The molecule has 34 heavy (non-hydrogen) atoms. The van der Waals surface area contributed by atoms with Gasteiger partial charge in [-0.3, -0.25) is 0 Å². The van der Waals surface area contributed by atoms with Gasteiger partial charge < -0.3 is 20.1 Å². The second-order valence-corrected chi connectivity index (χ2v) is 11.1. The first-order chi connectivity index (χ1) is 16.4. The van der Waals surface area contributed by atoms with Crippen molar-refractivity contribution in [2.75, 3.05) is 6.61 Å². The predicted molar refractivity (Wildman–Crippen MR) is 140 cm³/mol. The minimum absolute atomic E-state index is 0.373. The minimum Gasteiger partial charge on any atom is -0.393 e. The van der Waals surface area contributed by atoms with Crippen LogP contribution in [0.15, 0.2) is 47.6 Å². The first kappa shape index (κ1) is 27.4. The molecule has 3 aliphatic rings. The van der Waals surface area contributed by atoms with Crippen LogP contribution in [0, 0.1) is 5.41 Å². The number of ether oxygens (including phenoxy) is 1. The standard InChI is InChI=1S/C30H48O4/c1-3-30(33,4-2)16-7-5-6-8-19-34-28-13-17-29(18-14-28)15-9-10-24(23-29)11-12-25-20-26(31)22-27(32)21-25/h6-8,11-12,16,26-28,31-33H,3-5,9-10,13-15,17-23H2,1-2H3/b8-6+,16-7+,24-11+/t26-,27-,28?,29?/m1/s1. The van der Waals surface area contributed by atoms with Gasteiger partial charge >= 0.3 is 0 Å². The number of aliphatic hydroxyl groups is 3. The highest BCUT2D eigenvalue weighted by molar-refractivity contribution is 5.22. The Morgan fingerprint density at radius 1 is 0.941 bits per heavy atom. The summed E-state index contributed by atoms with van der Waals surface area (Å²) in [6.07, 6.45) is 26.3. The molecule has 0 heterocycles. The Hall–Kier alpha value is -1.20. The number of rotatable bonds is 9. The highest BCUT2D eigenvalue weighted by atomic mass is 16.5. The molecule has 0 radical (unpaired) electrons. The largest absolute Gasteiger partial charge is 0.393 e. The molecule has 3 saturated carbocycles. The maximum atomic E-state index is 10.3. The molecule has 3 rings (SSSR count). The average molecular weight is 473 g/mol. The summed E-state index contributed by atoms with van der Waals surface area (Å²) < 4.78 is 6.15. The molecule has 0 bridgehead atoms. The summed E-state index contributed by atoms with van der Waals surface area (Å²) in [5, 5.41) is 30.1. The van der Waals surface area contributed by atoms with E-state index in [9.17, 15) is 15.3 Å². The summed E-state index contributed by atoms with van der Waals surface area (Å²) in [6, 6.07) is 0. The molecule has 3 fully saturated rings. The Bertz CT molecular complexity index is 723. The first-order valence-corrected chi connectivity index (χ1v) is 13.8. The van der Waals surface area contributed by atoms with Crippen LogP contribution in [0.3, 0.4) is 0 Å². The lowest BCUT2D eigenvalue weighted by Crippen LogP contribution is -2.33. The van der Waals surface area contributed by atoms with Crippen molar-refractivity contribution in [2.24, 2.45) is 5.41 Å². The molecule has 0 aromatic carbocycles.